The zero-order valence-corrected chi connectivity index (χ0v) is 14.8. The highest BCUT2D eigenvalue weighted by molar-refractivity contribution is 7.89. The number of benzene rings is 1. The first-order chi connectivity index (χ1) is 9.36. The lowest BCUT2D eigenvalue weighted by Gasteiger charge is -2.33. The lowest BCUT2D eigenvalue weighted by molar-refractivity contribution is 0.269. The average molecular weight is 312 g/mol. The Kier molecular flexibility index (Phi) is 5.11. The number of anilines is 1. The molecule has 0 fully saturated rings. The fourth-order valence-corrected chi connectivity index (χ4v) is 4.65. The second-order valence-electron chi connectivity index (χ2n) is 7.45. The molecule has 1 aromatic carbocycles. The molecule has 0 amide bonds. The molecule has 5 heteroatoms. The Morgan fingerprint density at radius 2 is 1.71 bits per heavy atom. The zero-order chi connectivity index (χ0) is 16.5. The maximum Gasteiger partial charge on any atom is 0.241 e. The minimum absolute atomic E-state index is 0.0370. The molecular formula is C16H28N2O2S. The highest BCUT2D eigenvalue weighted by Crippen LogP contribution is 2.29. The van der Waals surface area contributed by atoms with Gasteiger partial charge in [0.15, 0.2) is 0 Å². The van der Waals surface area contributed by atoms with E-state index in [1.807, 2.05) is 20.8 Å². The second kappa shape index (κ2) is 5.97. The van der Waals surface area contributed by atoms with Gasteiger partial charge in [0.2, 0.25) is 10.0 Å². The maximum absolute atomic E-state index is 12.7. The molecule has 3 N–H and O–H groups in total. The number of hydrogen-bond donors (Lipinski definition) is 2. The van der Waals surface area contributed by atoms with Crippen LogP contribution in [0.4, 0.5) is 5.69 Å². The van der Waals surface area contributed by atoms with Crippen LogP contribution >= 0.6 is 0 Å². The predicted octanol–water partition coefficient (Wildman–Crippen LogP) is 3.32. The van der Waals surface area contributed by atoms with Gasteiger partial charge < -0.3 is 5.73 Å². The standard InChI is InChI=1S/C16H28N2O2S/c1-7-12-8-9-13(17)10-14(12)21(19,20)18-16(5,6)11-15(2,3)4/h8-10,18H,7,11,17H2,1-6H3. The van der Waals surface area contributed by atoms with Crippen LogP contribution in [0.15, 0.2) is 23.1 Å². The van der Waals surface area contributed by atoms with Crippen LogP contribution in [0.5, 0.6) is 0 Å². The van der Waals surface area contributed by atoms with Crippen LogP contribution in [-0.2, 0) is 16.4 Å². The van der Waals surface area contributed by atoms with Crippen molar-refractivity contribution in [1.82, 2.24) is 4.72 Å². The van der Waals surface area contributed by atoms with Crippen molar-refractivity contribution < 1.29 is 8.42 Å². The molecule has 21 heavy (non-hydrogen) atoms. The van der Waals surface area contributed by atoms with Crippen molar-refractivity contribution in [2.45, 2.75) is 64.8 Å². The molecule has 0 heterocycles. The summed E-state index contributed by atoms with van der Waals surface area (Å²) in [7, 11) is -3.59. The van der Waals surface area contributed by atoms with Crippen molar-refractivity contribution in [3.05, 3.63) is 23.8 Å². The van der Waals surface area contributed by atoms with Gasteiger partial charge in [-0.15, -0.1) is 0 Å². The first-order valence-electron chi connectivity index (χ1n) is 7.29. The summed E-state index contributed by atoms with van der Waals surface area (Å²) in [5.41, 5.74) is 6.51. The third kappa shape index (κ3) is 5.32. The fourth-order valence-electron chi connectivity index (χ4n) is 2.89. The smallest absolute Gasteiger partial charge is 0.241 e. The molecule has 0 radical (unpaired) electrons. The van der Waals surface area contributed by atoms with E-state index in [1.165, 1.54) is 6.07 Å². The summed E-state index contributed by atoms with van der Waals surface area (Å²) in [5.74, 6) is 0. The molecule has 0 spiro atoms. The van der Waals surface area contributed by atoms with Crippen LogP contribution in [0, 0.1) is 5.41 Å². The van der Waals surface area contributed by atoms with E-state index in [-0.39, 0.29) is 10.3 Å². The number of nitrogen functional groups attached to an aromatic ring is 1. The summed E-state index contributed by atoms with van der Waals surface area (Å²) in [5, 5.41) is 0. The topological polar surface area (TPSA) is 72.2 Å². The van der Waals surface area contributed by atoms with Gasteiger partial charge in [0.25, 0.3) is 0 Å². The van der Waals surface area contributed by atoms with Gasteiger partial charge in [-0.25, -0.2) is 13.1 Å². The Morgan fingerprint density at radius 1 is 1.14 bits per heavy atom. The van der Waals surface area contributed by atoms with E-state index in [1.54, 1.807) is 12.1 Å². The average Bonchev–Trinajstić information content (AvgIpc) is 2.23. The SMILES string of the molecule is CCc1ccc(N)cc1S(=O)(=O)NC(C)(C)CC(C)(C)C. The van der Waals surface area contributed by atoms with Crippen molar-refractivity contribution in [2.24, 2.45) is 5.41 Å². The monoisotopic (exact) mass is 312 g/mol. The van der Waals surface area contributed by atoms with Crippen molar-refractivity contribution in [3.8, 4) is 0 Å². The van der Waals surface area contributed by atoms with E-state index in [9.17, 15) is 8.42 Å². The van der Waals surface area contributed by atoms with Gasteiger partial charge in [0.05, 0.1) is 4.90 Å². The normalized spacial score (nSPS) is 13.4. The first kappa shape index (κ1) is 18.0. The molecule has 4 nitrogen and oxygen atoms in total. The van der Waals surface area contributed by atoms with Gasteiger partial charge >= 0.3 is 0 Å². The van der Waals surface area contributed by atoms with Gasteiger partial charge in [0.1, 0.15) is 0 Å². The van der Waals surface area contributed by atoms with E-state index in [2.05, 4.69) is 25.5 Å². The van der Waals surface area contributed by atoms with Gasteiger partial charge in [0, 0.05) is 11.2 Å². The van der Waals surface area contributed by atoms with Crippen molar-refractivity contribution in [3.63, 3.8) is 0 Å². The first-order valence-corrected chi connectivity index (χ1v) is 8.77. The van der Waals surface area contributed by atoms with Crippen molar-refractivity contribution >= 4 is 15.7 Å². The highest BCUT2D eigenvalue weighted by atomic mass is 32.2. The number of nitrogens with one attached hydrogen (secondary N) is 1. The van der Waals surface area contributed by atoms with Crippen LogP contribution in [0.1, 0.15) is 53.5 Å². The Hall–Kier alpha value is -1.07. The largest absolute Gasteiger partial charge is 0.399 e. The zero-order valence-electron chi connectivity index (χ0n) is 13.9. The maximum atomic E-state index is 12.7. The van der Waals surface area contributed by atoms with Gasteiger partial charge in [-0.3, -0.25) is 0 Å². The number of rotatable bonds is 5. The quantitative estimate of drug-likeness (QED) is 0.819. The third-order valence-corrected chi connectivity index (χ3v) is 4.92. The number of aryl methyl sites for hydroxylation is 1. The van der Waals surface area contributed by atoms with Crippen LogP contribution in [0.3, 0.4) is 0 Å². The summed E-state index contributed by atoms with van der Waals surface area (Å²) >= 11 is 0. The minimum Gasteiger partial charge on any atom is -0.399 e. The molecule has 1 rings (SSSR count). The molecule has 0 aliphatic carbocycles. The molecule has 0 atom stereocenters. The number of hydrogen-bond acceptors (Lipinski definition) is 3. The molecule has 1 aromatic rings. The van der Waals surface area contributed by atoms with Gasteiger partial charge in [-0.2, -0.15) is 0 Å². The Balaban J connectivity index is 3.15. The molecule has 0 bridgehead atoms. The number of nitrogens with two attached hydrogens (primary N) is 1. The number of sulfonamides is 1. The lowest BCUT2D eigenvalue weighted by atomic mass is 9.82. The van der Waals surface area contributed by atoms with Crippen molar-refractivity contribution in [1.29, 1.82) is 0 Å². The summed E-state index contributed by atoms with van der Waals surface area (Å²) in [4.78, 5) is 0.284. The fraction of sp³-hybridized carbons (Fsp3) is 0.625. The highest BCUT2D eigenvalue weighted by Gasteiger charge is 2.31. The second-order valence-corrected chi connectivity index (χ2v) is 9.10. The van der Waals surface area contributed by atoms with Gasteiger partial charge in [-0.1, -0.05) is 33.8 Å². The molecule has 120 valence electrons. The Morgan fingerprint density at radius 3 is 2.19 bits per heavy atom. The van der Waals surface area contributed by atoms with E-state index >= 15 is 0 Å². The van der Waals surface area contributed by atoms with E-state index < -0.39 is 15.6 Å². The van der Waals surface area contributed by atoms with E-state index in [0.29, 0.717) is 12.1 Å². The molecule has 0 unspecified atom stereocenters. The predicted molar refractivity (Wildman–Crippen MR) is 88.7 cm³/mol. The van der Waals surface area contributed by atoms with E-state index in [4.69, 9.17) is 5.73 Å². The molecular weight excluding hydrogens is 284 g/mol. The summed E-state index contributed by atoms with van der Waals surface area (Å²) < 4.78 is 28.2. The van der Waals surface area contributed by atoms with Crippen LogP contribution in [-0.4, -0.2) is 14.0 Å². The Labute approximate surface area is 129 Å². The van der Waals surface area contributed by atoms with E-state index in [0.717, 1.165) is 12.0 Å². The molecule has 0 saturated carbocycles. The molecule has 0 saturated heterocycles. The van der Waals surface area contributed by atoms with Crippen LogP contribution in [0.2, 0.25) is 0 Å². The van der Waals surface area contributed by atoms with Crippen LogP contribution < -0.4 is 10.5 Å². The summed E-state index contributed by atoms with van der Waals surface area (Å²) in [6.45, 7) is 12.1. The molecule has 0 aliphatic rings. The van der Waals surface area contributed by atoms with Gasteiger partial charge in [-0.05, 0) is 49.8 Å². The summed E-state index contributed by atoms with van der Waals surface area (Å²) in [6.07, 6.45) is 1.39. The third-order valence-electron chi connectivity index (χ3n) is 3.14. The van der Waals surface area contributed by atoms with Crippen LogP contribution in [0.25, 0.3) is 0 Å². The summed E-state index contributed by atoms with van der Waals surface area (Å²) in [6, 6.07) is 5.05. The molecule has 0 aliphatic heterocycles. The Bertz CT molecular complexity index is 599. The molecule has 0 aromatic heterocycles. The lowest BCUT2D eigenvalue weighted by Crippen LogP contribution is -2.45. The van der Waals surface area contributed by atoms with Crippen molar-refractivity contribution in [2.75, 3.05) is 5.73 Å². The minimum atomic E-state index is -3.59.